The summed E-state index contributed by atoms with van der Waals surface area (Å²) >= 11 is 1.34. The van der Waals surface area contributed by atoms with Crippen LogP contribution in [0.25, 0.3) is 0 Å². The molecule has 3 aromatic rings. The number of methoxy groups -OCH3 is 1. The van der Waals surface area contributed by atoms with Gasteiger partial charge in [0.25, 0.3) is 5.91 Å². The number of rotatable bonds is 10. The van der Waals surface area contributed by atoms with Crippen molar-refractivity contribution in [1.29, 1.82) is 0 Å². The van der Waals surface area contributed by atoms with Crippen LogP contribution in [0.1, 0.15) is 36.3 Å². The molecule has 3 rings (SSSR count). The Morgan fingerprint density at radius 3 is 2.53 bits per heavy atom. The monoisotopic (exact) mass is 452 g/mol. The van der Waals surface area contributed by atoms with E-state index in [0.29, 0.717) is 29.7 Å². The SMILES string of the molecule is COc1ccccc1Nc1nc(C(=O)N(CCC(=O)NC(C)C)Cc2ccccc2)cs1. The molecule has 7 nitrogen and oxygen atoms in total. The summed E-state index contributed by atoms with van der Waals surface area (Å²) in [4.78, 5) is 31.6. The molecule has 8 heteroatoms. The number of carbonyl (C=O) groups is 2. The molecule has 168 valence electrons. The van der Waals surface area contributed by atoms with E-state index in [1.165, 1.54) is 11.3 Å². The first-order valence-electron chi connectivity index (χ1n) is 10.4. The molecule has 32 heavy (non-hydrogen) atoms. The lowest BCUT2D eigenvalue weighted by atomic mass is 10.2. The molecular formula is C24H28N4O3S. The summed E-state index contributed by atoms with van der Waals surface area (Å²) in [6.45, 7) is 4.53. The maximum Gasteiger partial charge on any atom is 0.273 e. The topological polar surface area (TPSA) is 83.6 Å². The largest absolute Gasteiger partial charge is 0.495 e. The predicted octanol–water partition coefficient (Wildman–Crippen LogP) is 4.45. The van der Waals surface area contributed by atoms with Crippen LogP contribution in [0.15, 0.2) is 60.0 Å². The fourth-order valence-corrected chi connectivity index (χ4v) is 3.84. The summed E-state index contributed by atoms with van der Waals surface area (Å²) < 4.78 is 5.36. The molecule has 0 aliphatic rings. The van der Waals surface area contributed by atoms with Crippen molar-refractivity contribution in [2.45, 2.75) is 32.9 Å². The van der Waals surface area contributed by atoms with Crippen LogP contribution in [0, 0.1) is 0 Å². The predicted molar refractivity (Wildman–Crippen MR) is 127 cm³/mol. The third-order valence-corrected chi connectivity index (χ3v) is 5.39. The zero-order valence-electron chi connectivity index (χ0n) is 18.5. The highest BCUT2D eigenvalue weighted by molar-refractivity contribution is 7.14. The van der Waals surface area contributed by atoms with Gasteiger partial charge >= 0.3 is 0 Å². The summed E-state index contributed by atoms with van der Waals surface area (Å²) in [7, 11) is 1.61. The average Bonchev–Trinajstić information content (AvgIpc) is 3.25. The Kier molecular flexibility index (Phi) is 8.21. The molecule has 0 bridgehead atoms. The van der Waals surface area contributed by atoms with Crippen molar-refractivity contribution in [3.63, 3.8) is 0 Å². The molecule has 0 saturated heterocycles. The number of hydrogen-bond acceptors (Lipinski definition) is 6. The first-order valence-corrected chi connectivity index (χ1v) is 11.3. The fraction of sp³-hybridized carbons (Fsp3) is 0.292. The van der Waals surface area contributed by atoms with Crippen LogP contribution in [-0.2, 0) is 11.3 Å². The standard InChI is InChI=1S/C24H28N4O3S/c1-17(2)25-22(29)13-14-28(15-18-9-5-4-6-10-18)23(30)20-16-32-24(27-20)26-19-11-7-8-12-21(19)31-3/h4-12,16-17H,13-15H2,1-3H3,(H,25,29)(H,26,27). The third-order valence-electron chi connectivity index (χ3n) is 4.63. The van der Waals surface area contributed by atoms with Crippen LogP contribution in [0.2, 0.25) is 0 Å². The number of para-hydroxylation sites is 2. The van der Waals surface area contributed by atoms with Gasteiger partial charge in [-0.05, 0) is 31.5 Å². The molecule has 2 amide bonds. The number of hydrogen-bond donors (Lipinski definition) is 2. The second-order valence-corrected chi connectivity index (χ2v) is 8.41. The van der Waals surface area contributed by atoms with Gasteiger partial charge in [-0.3, -0.25) is 9.59 Å². The number of anilines is 2. The maximum absolute atomic E-state index is 13.3. The second-order valence-electron chi connectivity index (χ2n) is 7.55. The van der Waals surface area contributed by atoms with Gasteiger partial charge in [0, 0.05) is 30.9 Å². The van der Waals surface area contributed by atoms with Gasteiger partial charge in [0.1, 0.15) is 11.4 Å². The summed E-state index contributed by atoms with van der Waals surface area (Å²) in [6.07, 6.45) is 0.229. The molecule has 0 saturated carbocycles. The Balaban J connectivity index is 1.74. The summed E-state index contributed by atoms with van der Waals surface area (Å²) in [5.74, 6) is 0.399. The van der Waals surface area contributed by atoms with Gasteiger partial charge in [-0.25, -0.2) is 4.98 Å². The average molecular weight is 453 g/mol. The first kappa shape index (κ1) is 23.3. The fourth-order valence-electron chi connectivity index (χ4n) is 3.14. The van der Waals surface area contributed by atoms with E-state index in [1.807, 2.05) is 68.4 Å². The van der Waals surface area contributed by atoms with Crippen LogP contribution >= 0.6 is 11.3 Å². The minimum atomic E-state index is -0.212. The number of carbonyl (C=O) groups excluding carboxylic acids is 2. The maximum atomic E-state index is 13.3. The summed E-state index contributed by atoms with van der Waals surface area (Å²) in [5.41, 5.74) is 2.11. The Bertz CT molecular complexity index is 1040. The smallest absolute Gasteiger partial charge is 0.273 e. The number of thiazole rings is 1. The van der Waals surface area contributed by atoms with Gasteiger partial charge in [-0.1, -0.05) is 42.5 Å². The molecule has 1 aromatic heterocycles. The number of amides is 2. The number of benzene rings is 2. The van der Waals surface area contributed by atoms with Gasteiger partial charge in [0.2, 0.25) is 5.91 Å². The van der Waals surface area contributed by atoms with Crippen LogP contribution in [-0.4, -0.2) is 41.4 Å². The number of aromatic nitrogens is 1. The van der Waals surface area contributed by atoms with Crippen LogP contribution < -0.4 is 15.4 Å². The molecular weight excluding hydrogens is 424 g/mol. The highest BCUT2D eigenvalue weighted by Crippen LogP contribution is 2.29. The number of ether oxygens (including phenoxy) is 1. The zero-order valence-corrected chi connectivity index (χ0v) is 19.3. The molecule has 0 fully saturated rings. The van der Waals surface area contributed by atoms with Crippen LogP contribution in [0.3, 0.4) is 0 Å². The minimum absolute atomic E-state index is 0.0583. The zero-order chi connectivity index (χ0) is 22.9. The quantitative estimate of drug-likeness (QED) is 0.475. The van der Waals surface area contributed by atoms with Crippen molar-refractivity contribution >= 4 is 34.0 Å². The molecule has 2 N–H and O–H groups in total. The van der Waals surface area contributed by atoms with Crippen molar-refractivity contribution in [1.82, 2.24) is 15.2 Å². The minimum Gasteiger partial charge on any atom is -0.495 e. The van der Waals surface area contributed by atoms with Crippen molar-refractivity contribution < 1.29 is 14.3 Å². The molecule has 0 radical (unpaired) electrons. The molecule has 0 unspecified atom stereocenters. The van der Waals surface area contributed by atoms with E-state index in [9.17, 15) is 9.59 Å². The molecule has 0 spiro atoms. The van der Waals surface area contributed by atoms with E-state index < -0.39 is 0 Å². The van der Waals surface area contributed by atoms with Crippen molar-refractivity contribution in [2.24, 2.45) is 0 Å². The van der Waals surface area contributed by atoms with E-state index >= 15 is 0 Å². The van der Waals surface area contributed by atoms with Gasteiger partial charge in [-0.2, -0.15) is 0 Å². The highest BCUT2D eigenvalue weighted by atomic mass is 32.1. The third kappa shape index (κ3) is 6.55. The van der Waals surface area contributed by atoms with E-state index in [-0.39, 0.29) is 24.3 Å². The summed E-state index contributed by atoms with van der Waals surface area (Å²) in [6, 6.07) is 17.3. The molecule has 1 heterocycles. The molecule has 0 aliphatic heterocycles. The van der Waals surface area contributed by atoms with Crippen molar-refractivity contribution in [3.05, 3.63) is 71.2 Å². The van der Waals surface area contributed by atoms with Gasteiger partial charge in [0.15, 0.2) is 5.13 Å². The van der Waals surface area contributed by atoms with Crippen LogP contribution in [0.5, 0.6) is 5.75 Å². The van der Waals surface area contributed by atoms with E-state index in [2.05, 4.69) is 15.6 Å². The van der Waals surface area contributed by atoms with Crippen molar-refractivity contribution in [3.8, 4) is 5.75 Å². The Morgan fingerprint density at radius 2 is 1.81 bits per heavy atom. The highest BCUT2D eigenvalue weighted by Gasteiger charge is 2.21. The lowest BCUT2D eigenvalue weighted by molar-refractivity contribution is -0.121. The molecule has 2 aromatic carbocycles. The van der Waals surface area contributed by atoms with Crippen LogP contribution in [0.4, 0.5) is 10.8 Å². The lowest BCUT2D eigenvalue weighted by Gasteiger charge is -2.22. The van der Waals surface area contributed by atoms with E-state index in [0.717, 1.165) is 11.3 Å². The lowest BCUT2D eigenvalue weighted by Crippen LogP contribution is -2.36. The normalized spacial score (nSPS) is 10.6. The first-order chi connectivity index (χ1) is 15.5. The second kappa shape index (κ2) is 11.3. The van der Waals surface area contributed by atoms with Gasteiger partial charge < -0.3 is 20.3 Å². The Morgan fingerprint density at radius 1 is 1.09 bits per heavy atom. The van der Waals surface area contributed by atoms with E-state index in [4.69, 9.17) is 4.74 Å². The summed E-state index contributed by atoms with van der Waals surface area (Å²) in [5, 5.41) is 8.40. The Hall–Kier alpha value is -3.39. The van der Waals surface area contributed by atoms with Gasteiger partial charge in [-0.15, -0.1) is 11.3 Å². The van der Waals surface area contributed by atoms with Crippen molar-refractivity contribution in [2.75, 3.05) is 19.0 Å². The molecule has 0 atom stereocenters. The van der Waals surface area contributed by atoms with E-state index in [1.54, 1.807) is 17.4 Å². The van der Waals surface area contributed by atoms with Gasteiger partial charge in [0.05, 0.1) is 12.8 Å². The number of nitrogens with zero attached hydrogens (tertiary/aromatic N) is 2. The molecule has 0 aliphatic carbocycles. The Labute approximate surface area is 192 Å². The number of nitrogens with one attached hydrogen (secondary N) is 2.